The first-order valence-corrected chi connectivity index (χ1v) is 9.91. The van der Waals surface area contributed by atoms with Crippen LogP contribution in [-0.4, -0.2) is 76.8 Å². The maximum Gasteiger partial charge on any atom is 0.435 e. The van der Waals surface area contributed by atoms with Crippen LogP contribution in [-0.2, 0) is 24.6 Å². The summed E-state index contributed by atoms with van der Waals surface area (Å²) in [5, 5.41) is 9.65. The summed E-state index contributed by atoms with van der Waals surface area (Å²) in [5.41, 5.74) is -0.850. The topological polar surface area (TPSA) is 77.8 Å². The summed E-state index contributed by atoms with van der Waals surface area (Å²) in [7, 11) is 1.46. The smallest absolute Gasteiger partial charge is 0.357 e. The average Bonchev–Trinajstić information content (AvgIpc) is 3.37. The van der Waals surface area contributed by atoms with Gasteiger partial charge >= 0.3 is 6.18 Å². The fraction of sp³-hybridized carbons (Fsp3) is 0.722. The zero-order valence-electron chi connectivity index (χ0n) is 17.2. The van der Waals surface area contributed by atoms with Gasteiger partial charge in [0.1, 0.15) is 0 Å². The van der Waals surface area contributed by atoms with E-state index in [-0.39, 0.29) is 42.0 Å². The highest BCUT2D eigenvalue weighted by Crippen LogP contribution is 2.30. The minimum atomic E-state index is -4.50. The number of piperazine rings is 1. The van der Waals surface area contributed by atoms with Gasteiger partial charge in [-0.3, -0.25) is 14.4 Å². The summed E-state index contributed by atoms with van der Waals surface area (Å²) in [4.78, 5) is 20.5. The van der Waals surface area contributed by atoms with Crippen LogP contribution in [0.3, 0.4) is 0 Å². The maximum atomic E-state index is 13.1. The Labute approximate surface area is 191 Å². The van der Waals surface area contributed by atoms with Crippen molar-refractivity contribution in [3.63, 3.8) is 0 Å². The zero-order valence-corrected chi connectivity index (χ0v) is 19.5. The predicted octanol–water partition coefficient (Wildman–Crippen LogP) is 1.42. The number of halogens is 4. The normalized spacial score (nSPS) is 18.2. The van der Waals surface area contributed by atoms with Gasteiger partial charge in [0, 0.05) is 57.6 Å². The van der Waals surface area contributed by atoms with E-state index in [9.17, 15) is 18.0 Å². The van der Waals surface area contributed by atoms with Gasteiger partial charge in [-0.1, -0.05) is 0 Å². The van der Waals surface area contributed by atoms with Crippen LogP contribution < -0.4 is 10.6 Å². The van der Waals surface area contributed by atoms with Gasteiger partial charge in [0.25, 0.3) is 0 Å². The van der Waals surface area contributed by atoms with E-state index in [4.69, 9.17) is 0 Å². The fourth-order valence-corrected chi connectivity index (χ4v) is 3.30. The lowest BCUT2D eigenvalue weighted by molar-refractivity contribution is -0.142. The third kappa shape index (κ3) is 7.00. The van der Waals surface area contributed by atoms with Crippen molar-refractivity contribution in [3.8, 4) is 0 Å². The highest BCUT2D eigenvalue weighted by molar-refractivity contribution is 14.0. The molecule has 2 fully saturated rings. The van der Waals surface area contributed by atoms with Gasteiger partial charge in [0.05, 0.1) is 13.1 Å². The molecule has 8 nitrogen and oxygen atoms in total. The molecule has 1 aromatic heterocycles. The summed E-state index contributed by atoms with van der Waals surface area (Å²) < 4.78 is 40.6. The summed E-state index contributed by atoms with van der Waals surface area (Å²) in [5.74, 6) is 0.629. The van der Waals surface area contributed by atoms with E-state index in [0.29, 0.717) is 51.3 Å². The SMILES string of the molecule is CCNC(=NCc1cn(C)nc1C(F)(F)F)N1CCN(CC(=O)NC2CC2)CC1.I. The number of alkyl halides is 3. The molecule has 0 spiro atoms. The van der Waals surface area contributed by atoms with Gasteiger partial charge < -0.3 is 15.5 Å². The molecule has 0 radical (unpaired) electrons. The first-order valence-electron chi connectivity index (χ1n) is 9.91. The highest BCUT2D eigenvalue weighted by atomic mass is 127. The number of hydrogen-bond donors (Lipinski definition) is 2. The lowest BCUT2D eigenvalue weighted by atomic mass is 10.2. The fourth-order valence-electron chi connectivity index (χ4n) is 3.30. The van der Waals surface area contributed by atoms with E-state index in [0.717, 1.165) is 17.5 Å². The van der Waals surface area contributed by atoms with Crippen molar-refractivity contribution in [1.82, 2.24) is 30.2 Å². The quantitative estimate of drug-likeness (QED) is 0.323. The third-order valence-electron chi connectivity index (χ3n) is 4.89. The van der Waals surface area contributed by atoms with Crippen molar-refractivity contribution in [2.45, 2.75) is 38.5 Å². The van der Waals surface area contributed by atoms with Gasteiger partial charge in [-0.25, -0.2) is 4.99 Å². The van der Waals surface area contributed by atoms with Crippen LogP contribution in [0.1, 0.15) is 31.0 Å². The number of carbonyl (C=O) groups excluding carboxylic acids is 1. The monoisotopic (exact) mass is 543 g/mol. The highest BCUT2D eigenvalue weighted by Gasteiger charge is 2.36. The van der Waals surface area contributed by atoms with Gasteiger partial charge in [-0.15, -0.1) is 24.0 Å². The minimum Gasteiger partial charge on any atom is -0.357 e. The molecule has 12 heteroatoms. The number of rotatable bonds is 6. The maximum absolute atomic E-state index is 13.1. The van der Waals surface area contributed by atoms with Crippen molar-refractivity contribution < 1.29 is 18.0 Å². The lowest BCUT2D eigenvalue weighted by Crippen LogP contribution is -2.54. The van der Waals surface area contributed by atoms with Crippen molar-refractivity contribution in [2.75, 3.05) is 39.3 Å². The van der Waals surface area contributed by atoms with Crippen LogP contribution in [0.15, 0.2) is 11.2 Å². The van der Waals surface area contributed by atoms with Gasteiger partial charge in [0.15, 0.2) is 11.7 Å². The van der Waals surface area contributed by atoms with E-state index in [1.54, 1.807) is 0 Å². The molecule has 30 heavy (non-hydrogen) atoms. The molecule has 1 amide bonds. The van der Waals surface area contributed by atoms with Crippen molar-refractivity contribution in [3.05, 3.63) is 17.5 Å². The predicted molar refractivity (Wildman–Crippen MR) is 118 cm³/mol. The van der Waals surface area contributed by atoms with Gasteiger partial charge in [-0.2, -0.15) is 18.3 Å². The van der Waals surface area contributed by atoms with Crippen molar-refractivity contribution in [2.24, 2.45) is 12.0 Å². The van der Waals surface area contributed by atoms with Crippen molar-refractivity contribution >= 4 is 35.8 Å². The molecule has 2 heterocycles. The number of guanidine groups is 1. The molecule has 2 N–H and O–H groups in total. The minimum absolute atomic E-state index is 0. The van der Waals surface area contributed by atoms with Crippen LogP contribution in [0.2, 0.25) is 0 Å². The molecule has 170 valence electrons. The Balaban J connectivity index is 0.00000320. The van der Waals surface area contributed by atoms with Crippen LogP contribution in [0.5, 0.6) is 0 Å². The Hall–Kier alpha value is -1.57. The van der Waals surface area contributed by atoms with Crippen LogP contribution in [0.25, 0.3) is 0 Å². The van der Waals surface area contributed by atoms with Gasteiger partial charge in [0.2, 0.25) is 5.91 Å². The second-order valence-electron chi connectivity index (χ2n) is 7.45. The number of carbonyl (C=O) groups is 1. The molecule has 0 aromatic carbocycles. The summed E-state index contributed by atoms with van der Waals surface area (Å²) in [6.07, 6.45) is -1.02. The molecule has 2 aliphatic rings. The summed E-state index contributed by atoms with van der Waals surface area (Å²) in [6, 6.07) is 0.352. The Morgan fingerprint density at radius 1 is 1.27 bits per heavy atom. The summed E-state index contributed by atoms with van der Waals surface area (Å²) >= 11 is 0. The molecule has 1 aromatic rings. The molecule has 1 saturated heterocycles. The standard InChI is InChI=1S/C18H28F3N7O.HI/c1-3-22-17(23-10-13-11-26(2)25-16(13)18(19,20)21)28-8-6-27(7-9-28)12-15(29)24-14-4-5-14;/h11,14H,3-10,12H2,1-2H3,(H,22,23)(H,24,29);1H. The van der Waals surface area contributed by atoms with E-state index in [1.807, 2.05) is 11.8 Å². The van der Waals surface area contributed by atoms with E-state index in [2.05, 4.69) is 25.6 Å². The van der Waals surface area contributed by atoms with Gasteiger partial charge in [-0.05, 0) is 19.8 Å². The molecule has 1 saturated carbocycles. The lowest BCUT2D eigenvalue weighted by Gasteiger charge is -2.36. The first kappa shape index (κ1) is 24.7. The third-order valence-corrected chi connectivity index (χ3v) is 4.89. The summed E-state index contributed by atoms with van der Waals surface area (Å²) in [6.45, 7) is 5.51. The van der Waals surface area contributed by atoms with E-state index < -0.39 is 11.9 Å². The molecular weight excluding hydrogens is 514 g/mol. The number of hydrogen-bond acceptors (Lipinski definition) is 4. The molecule has 3 rings (SSSR count). The van der Waals surface area contributed by atoms with Crippen LogP contribution in [0, 0.1) is 0 Å². The Morgan fingerprint density at radius 2 is 1.93 bits per heavy atom. The number of aromatic nitrogens is 2. The molecule has 0 atom stereocenters. The Kier molecular flexibility index (Phi) is 8.76. The second kappa shape index (κ2) is 10.6. The van der Waals surface area contributed by atoms with E-state index in [1.165, 1.54) is 13.2 Å². The largest absolute Gasteiger partial charge is 0.435 e. The Morgan fingerprint density at radius 3 is 2.50 bits per heavy atom. The average molecular weight is 543 g/mol. The Bertz CT molecular complexity index is 741. The van der Waals surface area contributed by atoms with Crippen LogP contribution in [0.4, 0.5) is 13.2 Å². The van der Waals surface area contributed by atoms with Crippen molar-refractivity contribution in [1.29, 1.82) is 0 Å². The zero-order chi connectivity index (χ0) is 21.0. The number of nitrogens with zero attached hydrogens (tertiary/aromatic N) is 5. The molecule has 0 bridgehead atoms. The number of aryl methyl sites for hydroxylation is 1. The van der Waals surface area contributed by atoms with E-state index >= 15 is 0 Å². The molecule has 1 aliphatic carbocycles. The number of aliphatic imine (C=N–C) groups is 1. The first-order chi connectivity index (χ1) is 13.8. The molecule has 0 unspecified atom stereocenters. The number of nitrogens with one attached hydrogen (secondary N) is 2. The second-order valence-corrected chi connectivity index (χ2v) is 7.45. The molecular formula is C18H29F3IN7O. The van der Waals surface area contributed by atoms with Crippen LogP contribution >= 0.6 is 24.0 Å². The molecule has 1 aliphatic heterocycles. The number of amides is 1.